The van der Waals surface area contributed by atoms with Gasteiger partial charge in [-0.25, -0.2) is 4.39 Å². The monoisotopic (exact) mass is 338 g/mol. The first-order valence-corrected chi connectivity index (χ1v) is 8.61. The van der Waals surface area contributed by atoms with Gasteiger partial charge in [-0.3, -0.25) is 4.79 Å². The fourth-order valence-electron chi connectivity index (χ4n) is 3.37. The zero-order valence-corrected chi connectivity index (χ0v) is 14.6. The molecule has 25 heavy (non-hydrogen) atoms. The van der Waals surface area contributed by atoms with E-state index < -0.39 is 0 Å². The summed E-state index contributed by atoms with van der Waals surface area (Å²) in [5.74, 6) is -0.152. The fraction of sp³-hybridized carbons (Fsp3) is 0.286. The highest BCUT2D eigenvalue weighted by atomic mass is 19.1. The molecule has 3 nitrogen and oxygen atoms in total. The van der Waals surface area contributed by atoms with Crippen LogP contribution in [-0.2, 0) is 6.42 Å². The summed E-state index contributed by atoms with van der Waals surface area (Å²) in [5, 5.41) is 4.36. The van der Waals surface area contributed by atoms with Crippen molar-refractivity contribution >= 4 is 17.2 Å². The van der Waals surface area contributed by atoms with Crippen molar-refractivity contribution < 1.29 is 9.18 Å². The van der Waals surface area contributed by atoms with Gasteiger partial charge in [0.05, 0.1) is 0 Å². The third-order valence-corrected chi connectivity index (χ3v) is 4.73. The number of fused-ring (bicyclic) bond motifs is 3. The minimum Gasteiger partial charge on any atom is -0.357 e. The van der Waals surface area contributed by atoms with Crippen molar-refractivity contribution in [2.45, 2.75) is 32.2 Å². The number of H-pyrrole nitrogens is 1. The molecule has 1 aliphatic carbocycles. The molecule has 0 bridgehead atoms. The minimum atomic E-state index is -0.152. The van der Waals surface area contributed by atoms with Gasteiger partial charge in [0.1, 0.15) is 12.1 Å². The van der Waals surface area contributed by atoms with Crippen LogP contribution >= 0.6 is 0 Å². The van der Waals surface area contributed by atoms with E-state index in [1.807, 2.05) is 44.3 Å². The lowest BCUT2D eigenvalue weighted by atomic mass is 9.92. The van der Waals surface area contributed by atoms with Gasteiger partial charge in [0.25, 0.3) is 0 Å². The number of aromatic amines is 1. The number of carbonyl (C=O) groups is 1. The van der Waals surface area contributed by atoms with Crippen LogP contribution in [0.4, 0.5) is 4.39 Å². The lowest BCUT2D eigenvalue weighted by molar-refractivity contribution is 0.112. The Bertz CT molecular complexity index is 867. The molecule has 2 aromatic carbocycles. The van der Waals surface area contributed by atoms with Gasteiger partial charge in [0, 0.05) is 28.2 Å². The highest BCUT2D eigenvalue weighted by Crippen LogP contribution is 2.34. The van der Waals surface area contributed by atoms with Gasteiger partial charge in [0.15, 0.2) is 0 Å². The Kier molecular flexibility index (Phi) is 5.29. The first kappa shape index (κ1) is 17.4. The van der Waals surface area contributed by atoms with Gasteiger partial charge in [0.2, 0.25) is 0 Å². The third kappa shape index (κ3) is 3.80. The van der Waals surface area contributed by atoms with Crippen LogP contribution in [0, 0.1) is 12.7 Å². The number of halogens is 1. The molecule has 0 aliphatic heterocycles. The van der Waals surface area contributed by atoms with Crippen molar-refractivity contribution in [1.82, 2.24) is 10.3 Å². The molecule has 0 saturated carbocycles. The minimum absolute atomic E-state index is 0.152. The van der Waals surface area contributed by atoms with Crippen molar-refractivity contribution in [2.24, 2.45) is 0 Å². The Labute approximate surface area is 147 Å². The second-order valence-electron chi connectivity index (χ2n) is 6.47. The lowest BCUT2D eigenvalue weighted by Crippen LogP contribution is -2.21. The van der Waals surface area contributed by atoms with Gasteiger partial charge in [-0.2, -0.15) is 0 Å². The van der Waals surface area contributed by atoms with Gasteiger partial charge < -0.3 is 10.3 Å². The fourth-order valence-corrected chi connectivity index (χ4v) is 3.37. The molecule has 1 heterocycles. The van der Waals surface area contributed by atoms with E-state index in [2.05, 4.69) is 10.3 Å². The quantitative estimate of drug-likeness (QED) is 0.665. The highest BCUT2D eigenvalue weighted by molar-refractivity contribution is 5.85. The van der Waals surface area contributed by atoms with Crippen molar-refractivity contribution in [3.63, 3.8) is 0 Å². The molecule has 4 heteroatoms. The first-order chi connectivity index (χ1) is 12.1. The van der Waals surface area contributed by atoms with E-state index in [4.69, 9.17) is 0 Å². The maximum absolute atomic E-state index is 13.2. The molecule has 0 spiro atoms. The molecule has 0 fully saturated rings. The van der Waals surface area contributed by atoms with Crippen LogP contribution in [-0.4, -0.2) is 18.3 Å². The van der Waals surface area contributed by atoms with Gasteiger partial charge in [-0.1, -0.05) is 29.8 Å². The van der Waals surface area contributed by atoms with Gasteiger partial charge in [-0.05, 0) is 57.0 Å². The Hall–Kier alpha value is -2.46. The topological polar surface area (TPSA) is 44.9 Å². The number of carbonyl (C=O) groups excluding carboxylic acids is 1. The van der Waals surface area contributed by atoms with Crippen LogP contribution in [0.1, 0.15) is 46.1 Å². The first-order valence-electron chi connectivity index (χ1n) is 8.61. The maximum Gasteiger partial charge on any atom is 0.150 e. The molecule has 4 rings (SSSR count). The zero-order chi connectivity index (χ0) is 17.8. The highest BCUT2D eigenvalue weighted by Gasteiger charge is 2.22. The predicted molar refractivity (Wildman–Crippen MR) is 99.6 cm³/mol. The summed E-state index contributed by atoms with van der Waals surface area (Å²) in [6, 6.07) is 12.8. The number of aromatic nitrogens is 1. The number of rotatable bonds is 2. The normalized spacial score (nSPS) is 16.0. The largest absolute Gasteiger partial charge is 0.357 e. The number of aryl methyl sites for hydroxylation is 2. The Morgan fingerprint density at radius 1 is 1.20 bits per heavy atom. The summed E-state index contributed by atoms with van der Waals surface area (Å²) in [7, 11) is 1.98. The summed E-state index contributed by atoms with van der Waals surface area (Å²) in [6.07, 6.45) is 4.22. The molecule has 0 amide bonds. The molecule has 0 radical (unpaired) electrons. The summed E-state index contributed by atoms with van der Waals surface area (Å²) in [5.41, 5.74) is 5.50. The molecule has 1 aromatic heterocycles. The molecule has 1 aliphatic rings. The summed E-state index contributed by atoms with van der Waals surface area (Å²) >= 11 is 0. The smallest absolute Gasteiger partial charge is 0.150 e. The predicted octanol–water partition coefficient (Wildman–Crippen LogP) is 4.71. The number of benzene rings is 2. The van der Waals surface area contributed by atoms with Crippen LogP contribution in [0.3, 0.4) is 0 Å². The standard InChI is InChI=1S/C13H15FN2.C8H8O/c1-15-12-4-2-3-9-10-7-8(14)5-6-11(10)16-13(9)12;1-7-2-4-8(6-9)5-3-7/h5-7,12,15-16H,2-4H2,1H3;2-6H,1H3. The van der Waals surface area contributed by atoms with E-state index >= 15 is 0 Å². The summed E-state index contributed by atoms with van der Waals surface area (Å²) in [6.45, 7) is 1.99. The summed E-state index contributed by atoms with van der Waals surface area (Å²) < 4.78 is 13.2. The molecule has 3 aromatic rings. The molecule has 1 atom stereocenters. The molecule has 1 unspecified atom stereocenters. The zero-order valence-electron chi connectivity index (χ0n) is 14.6. The number of hydrogen-bond acceptors (Lipinski definition) is 2. The molecular formula is C21H23FN2O. The lowest BCUT2D eigenvalue weighted by Gasteiger charge is -2.21. The SMILES string of the molecule is CNC1CCCc2c1[nH]c1ccc(F)cc21.Cc1ccc(C=O)cc1. The van der Waals surface area contributed by atoms with E-state index in [9.17, 15) is 9.18 Å². The van der Waals surface area contributed by atoms with E-state index in [0.29, 0.717) is 6.04 Å². The van der Waals surface area contributed by atoms with Crippen LogP contribution in [0.5, 0.6) is 0 Å². The van der Waals surface area contributed by atoms with E-state index in [1.54, 1.807) is 6.07 Å². The molecular weight excluding hydrogens is 315 g/mol. The number of hydrogen-bond donors (Lipinski definition) is 2. The molecule has 2 N–H and O–H groups in total. The van der Waals surface area contributed by atoms with Crippen molar-refractivity contribution in [2.75, 3.05) is 7.05 Å². The van der Waals surface area contributed by atoms with Crippen molar-refractivity contribution in [3.8, 4) is 0 Å². The second kappa shape index (κ2) is 7.62. The Balaban J connectivity index is 0.000000173. The molecule has 0 saturated heterocycles. The average Bonchev–Trinajstić information content (AvgIpc) is 3.01. The van der Waals surface area contributed by atoms with Crippen molar-refractivity contribution in [3.05, 3.63) is 70.7 Å². The number of aldehydes is 1. The van der Waals surface area contributed by atoms with Crippen LogP contribution in [0.2, 0.25) is 0 Å². The van der Waals surface area contributed by atoms with Crippen LogP contribution in [0.15, 0.2) is 42.5 Å². The van der Waals surface area contributed by atoms with E-state index in [1.165, 1.54) is 29.3 Å². The Morgan fingerprint density at radius 2 is 1.96 bits per heavy atom. The van der Waals surface area contributed by atoms with Crippen molar-refractivity contribution in [1.29, 1.82) is 0 Å². The third-order valence-electron chi connectivity index (χ3n) is 4.73. The average molecular weight is 338 g/mol. The van der Waals surface area contributed by atoms with E-state index in [0.717, 1.165) is 35.6 Å². The Morgan fingerprint density at radius 3 is 2.64 bits per heavy atom. The van der Waals surface area contributed by atoms with E-state index in [-0.39, 0.29) is 5.82 Å². The maximum atomic E-state index is 13.2. The van der Waals surface area contributed by atoms with Crippen LogP contribution in [0.25, 0.3) is 10.9 Å². The molecule has 130 valence electrons. The number of nitrogens with one attached hydrogen (secondary N) is 2. The second-order valence-corrected chi connectivity index (χ2v) is 6.47. The van der Waals surface area contributed by atoms with Gasteiger partial charge >= 0.3 is 0 Å². The van der Waals surface area contributed by atoms with Gasteiger partial charge in [-0.15, -0.1) is 0 Å². The summed E-state index contributed by atoms with van der Waals surface area (Å²) in [4.78, 5) is 13.5. The van der Waals surface area contributed by atoms with Crippen LogP contribution < -0.4 is 5.32 Å².